The molecule has 3 rings (SSSR count). The van der Waals surface area contributed by atoms with Gasteiger partial charge in [0.25, 0.3) is 0 Å². The summed E-state index contributed by atoms with van der Waals surface area (Å²) < 4.78 is 0. The van der Waals surface area contributed by atoms with E-state index < -0.39 is 0 Å². The van der Waals surface area contributed by atoms with Crippen molar-refractivity contribution in [1.29, 1.82) is 0 Å². The molecule has 0 aromatic carbocycles. The molecule has 2 aliphatic rings. The smallest absolute Gasteiger partial charge is 0.133 e. The first-order valence-corrected chi connectivity index (χ1v) is 8.51. The second kappa shape index (κ2) is 6.14. The van der Waals surface area contributed by atoms with Gasteiger partial charge in [0.05, 0.1) is 0 Å². The zero-order chi connectivity index (χ0) is 13.1. The van der Waals surface area contributed by atoms with Crippen LogP contribution in [0.1, 0.15) is 30.5 Å². The molecule has 0 spiro atoms. The Morgan fingerprint density at radius 2 is 2.21 bits per heavy atom. The van der Waals surface area contributed by atoms with Crippen molar-refractivity contribution in [3.8, 4) is 0 Å². The number of pyridine rings is 1. The molecule has 3 nitrogen and oxygen atoms in total. The van der Waals surface area contributed by atoms with E-state index in [0.29, 0.717) is 6.04 Å². The summed E-state index contributed by atoms with van der Waals surface area (Å²) >= 11 is 2.06. The molecule has 1 aromatic rings. The lowest BCUT2D eigenvalue weighted by Gasteiger charge is -2.21. The summed E-state index contributed by atoms with van der Waals surface area (Å²) in [7, 11) is 0. The number of nitrogens with one attached hydrogen (secondary N) is 1. The van der Waals surface area contributed by atoms with Gasteiger partial charge in [0.2, 0.25) is 0 Å². The maximum Gasteiger partial charge on any atom is 0.133 e. The largest absolute Gasteiger partial charge is 0.356 e. The van der Waals surface area contributed by atoms with Gasteiger partial charge in [0.1, 0.15) is 5.82 Å². The molecule has 104 valence electrons. The van der Waals surface area contributed by atoms with Gasteiger partial charge in [-0.3, -0.25) is 0 Å². The van der Waals surface area contributed by atoms with E-state index in [2.05, 4.69) is 41.0 Å². The number of hydrogen-bond donors (Lipinski definition) is 1. The monoisotopic (exact) mass is 277 g/mol. The summed E-state index contributed by atoms with van der Waals surface area (Å²) in [5.74, 6) is 3.79. The van der Waals surface area contributed by atoms with Crippen molar-refractivity contribution in [1.82, 2.24) is 10.3 Å². The van der Waals surface area contributed by atoms with Crippen molar-refractivity contribution < 1.29 is 0 Å². The Morgan fingerprint density at radius 1 is 1.37 bits per heavy atom. The van der Waals surface area contributed by atoms with Gasteiger partial charge >= 0.3 is 0 Å². The molecule has 2 fully saturated rings. The molecular weight excluding hydrogens is 254 g/mol. The highest BCUT2D eigenvalue weighted by Gasteiger charge is 2.19. The number of rotatable bonds is 4. The fraction of sp³-hybridized carbons (Fsp3) is 0.667. The van der Waals surface area contributed by atoms with Crippen LogP contribution in [0.5, 0.6) is 0 Å². The fourth-order valence-corrected chi connectivity index (χ4v) is 4.05. The van der Waals surface area contributed by atoms with Gasteiger partial charge in [-0.05, 0) is 38.0 Å². The lowest BCUT2D eigenvalue weighted by molar-refractivity contribution is 0.557. The van der Waals surface area contributed by atoms with Crippen molar-refractivity contribution in [2.45, 2.75) is 38.8 Å². The van der Waals surface area contributed by atoms with E-state index in [1.54, 1.807) is 0 Å². The van der Waals surface area contributed by atoms with Gasteiger partial charge in [0, 0.05) is 42.7 Å². The molecule has 0 amide bonds. The van der Waals surface area contributed by atoms with E-state index in [1.807, 2.05) is 0 Å². The summed E-state index contributed by atoms with van der Waals surface area (Å²) in [5.41, 5.74) is 2.49. The van der Waals surface area contributed by atoms with E-state index >= 15 is 0 Å². The van der Waals surface area contributed by atoms with Crippen LogP contribution in [0, 0.1) is 6.92 Å². The molecule has 2 saturated heterocycles. The second-order valence-corrected chi connectivity index (χ2v) is 6.72. The molecule has 19 heavy (non-hydrogen) atoms. The van der Waals surface area contributed by atoms with Gasteiger partial charge in [-0.2, -0.15) is 11.8 Å². The van der Waals surface area contributed by atoms with E-state index in [0.717, 1.165) is 12.2 Å². The molecule has 1 atom stereocenters. The lowest BCUT2D eigenvalue weighted by Crippen LogP contribution is -2.29. The standard InChI is InChI=1S/C15H23N3S/c1-12-4-5-13(10-16-14-6-9-19-11-14)15(17-12)18-7-2-3-8-18/h4-5,14,16H,2-3,6-11H2,1H3/t14-/m0/s1. The minimum atomic E-state index is 0.692. The molecular formula is C15H23N3S. The summed E-state index contributed by atoms with van der Waals surface area (Å²) in [4.78, 5) is 7.23. The van der Waals surface area contributed by atoms with Crippen molar-refractivity contribution in [3.05, 3.63) is 23.4 Å². The third kappa shape index (κ3) is 3.23. The molecule has 0 aliphatic carbocycles. The molecule has 0 saturated carbocycles. The van der Waals surface area contributed by atoms with Crippen LogP contribution in [0.4, 0.5) is 5.82 Å². The maximum absolute atomic E-state index is 4.78. The van der Waals surface area contributed by atoms with E-state index in [1.165, 1.54) is 55.2 Å². The van der Waals surface area contributed by atoms with E-state index in [9.17, 15) is 0 Å². The summed E-state index contributed by atoms with van der Waals surface area (Å²) in [5, 5.41) is 3.69. The first kappa shape index (κ1) is 13.3. The summed E-state index contributed by atoms with van der Waals surface area (Å²) in [6, 6.07) is 5.09. The molecule has 0 radical (unpaired) electrons. The van der Waals surface area contributed by atoms with Crippen molar-refractivity contribution in [2.75, 3.05) is 29.5 Å². The average Bonchev–Trinajstić information content (AvgIpc) is 3.10. The van der Waals surface area contributed by atoms with Crippen LogP contribution in [0.15, 0.2) is 12.1 Å². The van der Waals surface area contributed by atoms with Crippen LogP contribution in [0.2, 0.25) is 0 Å². The highest BCUT2D eigenvalue weighted by Crippen LogP contribution is 2.24. The third-order valence-electron chi connectivity index (χ3n) is 4.01. The zero-order valence-corrected chi connectivity index (χ0v) is 12.5. The molecule has 3 heterocycles. The third-order valence-corrected chi connectivity index (χ3v) is 5.17. The van der Waals surface area contributed by atoms with Crippen molar-refractivity contribution in [2.24, 2.45) is 0 Å². The minimum Gasteiger partial charge on any atom is -0.356 e. The number of anilines is 1. The van der Waals surface area contributed by atoms with Crippen LogP contribution in [0.3, 0.4) is 0 Å². The first-order valence-electron chi connectivity index (χ1n) is 7.35. The fourth-order valence-electron chi connectivity index (χ4n) is 2.86. The second-order valence-electron chi connectivity index (χ2n) is 5.57. The molecule has 2 aliphatic heterocycles. The van der Waals surface area contributed by atoms with Gasteiger partial charge in [0.15, 0.2) is 0 Å². The van der Waals surface area contributed by atoms with Crippen LogP contribution in [0.25, 0.3) is 0 Å². The first-order chi connectivity index (χ1) is 9.33. The Balaban J connectivity index is 1.71. The number of hydrogen-bond acceptors (Lipinski definition) is 4. The van der Waals surface area contributed by atoms with E-state index in [4.69, 9.17) is 4.98 Å². The average molecular weight is 277 g/mol. The van der Waals surface area contributed by atoms with Gasteiger partial charge < -0.3 is 10.2 Å². The highest BCUT2D eigenvalue weighted by molar-refractivity contribution is 7.99. The quantitative estimate of drug-likeness (QED) is 0.915. The van der Waals surface area contributed by atoms with Crippen LogP contribution >= 0.6 is 11.8 Å². The maximum atomic E-state index is 4.78. The summed E-state index contributed by atoms with van der Waals surface area (Å²) in [6.07, 6.45) is 3.92. The topological polar surface area (TPSA) is 28.2 Å². The number of nitrogens with zero attached hydrogens (tertiary/aromatic N) is 2. The minimum absolute atomic E-state index is 0.692. The molecule has 1 aromatic heterocycles. The normalized spacial score (nSPS) is 23.2. The predicted molar refractivity (Wildman–Crippen MR) is 83.0 cm³/mol. The molecule has 1 N–H and O–H groups in total. The lowest BCUT2D eigenvalue weighted by atomic mass is 10.2. The Labute approximate surface area is 120 Å². The SMILES string of the molecule is Cc1ccc(CN[C@H]2CCSC2)c(N2CCCC2)n1. The number of aryl methyl sites for hydroxylation is 1. The van der Waals surface area contributed by atoms with Crippen LogP contribution < -0.4 is 10.2 Å². The van der Waals surface area contributed by atoms with E-state index in [-0.39, 0.29) is 0 Å². The molecule has 4 heteroatoms. The van der Waals surface area contributed by atoms with Crippen molar-refractivity contribution in [3.63, 3.8) is 0 Å². The Hall–Kier alpha value is -0.740. The Morgan fingerprint density at radius 3 is 2.95 bits per heavy atom. The van der Waals surface area contributed by atoms with Crippen molar-refractivity contribution >= 4 is 17.6 Å². The van der Waals surface area contributed by atoms with Gasteiger partial charge in [-0.15, -0.1) is 0 Å². The van der Waals surface area contributed by atoms with Gasteiger partial charge in [-0.1, -0.05) is 6.07 Å². The van der Waals surface area contributed by atoms with Gasteiger partial charge in [-0.25, -0.2) is 4.98 Å². The van der Waals surface area contributed by atoms with Crippen LogP contribution in [-0.2, 0) is 6.54 Å². The Kier molecular flexibility index (Phi) is 4.28. The molecule has 0 bridgehead atoms. The number of aromatic nitrogens is 1. The molecule has 0 unspecified atom stereocenters. The van der Waals surface area contributed by atoms with Crippen LogP contribution in [-0.4, -0.2) is 35.6 Å². The Bertz CT molecular complexity index is 423. The number of thioether (sulfide) groups is 1. The highest BCUT2D eigenvalue weighted by atomic mass is 32.2. The predicted octanol–water partition coefficient (Wildman–Crippen LogP) is 2.59. The summed E-state index contributed by atoms with van der Waals surface area (Å²) in [6.45, 7) is 5.39. The zero-order valence-electron chi connectivity index (χ0n) is 11.7.